The lowest BCUT2D eigenvalue weighted by molar-refractivity contribution is 0.170. The Labute approximate surface area is 297 Å². The van der Waals surface area contributed by atoms with Gasteiger partial charge in [0.15, 0.2) is 0 Å². The topological polar surface area (TPSA) is 32.3 Å². The van der Waals surface area contributed by atoms with Gasteiger partial charge in [-0.3, -0.25) is 9.97 Å². The van der Waals surface area contributed by atoms with Crippen LogP contribution in [0.4, 0.5) is 0 Å². The average molecular weight is 682 g/mol. The fourth-order valence-corrected chi connectivity index (χ4v) is 9.95. The number of halogens is 2. The summed E-state index contributed by atoms with van der Waals surface area (Å²) >= 11 is 12.6. The van der Waals surface area contributed by atoms with E-state index in [-0.39, 0.29) is 10.8 Å². The Morgan fingerprint density at radius 1 is 0.562 bits per heavy atom. The number of pyridine rings is 2. The van der Waals surface area contributed by atoms with Crippen LogP contribution in [0.1, 0.15) is 84.3 Å². The molecule has 2 atom stereocenters. The molecule has 0 radical (unpaired) electrons. The van der Waals surface area contributed by atoms with E-state index in [4.69, 9.17) is 33.2 Å². The molecule has 48 heavy (non-hydrogen) atoms. The van der Waals surface area contributed by atoms with Crippen molar-refractivity contribution in [2.75, 3.05) is 40.3 Å². The van der Waals surface area contributed by atoms with Crippen molar-refractivity contribution in [3.8, 4) is 0 Å². The van der Waals surface area contributed by atoms with Gasteiger partial charge < -0.3 is 9.80 Å². The van der Waals surface area contributed by atoms with Gasteiger partial charge in [-0.1, -0.05) is 47.5 Å². The Hall–Kier alpha value is -2.76. The summed E-state index contributed by atoms with van der Waals surface area (Å²) in [5.74, 6) is 1.25. The summed E-state index contributed by atoms with van der Waals surface area (Å²) in [5, 5.41) is 1.69. The maximum Gasteiger partial charge on any atom is 0.0541 e. The molecule has 4 aliphatic rings. The van der Waals surface area contributed by atoms with E-state index in [0.717, 1.165) is 35.7 Å². The van der Waals surface area contributed by atoms with Gasteiger partial charge in [-0.05, 0) is 187 Å². The lowest BCUT2D eigenvalue weighted by atomic mass is 9.64. The van der Waals surface area contributed by atoms with Gasteiger partial charge in [0.2, 0.25) is 0 Å². The van der Waals surface area contributed by atoms with E-state index >= 15 is 0 Å². The first-order valence-corrected chi connectivity index (χ1v) is 18.8. The van der Waals surface area contributed by atoms with Crippen LogP contribution in [0.15, 0.2) is 73.1 Å². The molecule has 0 spiro atoms. The minimum Gasteiger partial charge on any atom is -0.306 e. The van der Waals surface area contributed by atoms with Crippen LogP contribution in [0.2, 0.25) is 10.0 Å². The normalized spacial score (nSPS) is 25.0. The first kappa shape index (κ1) is 33.7. The second kappa shape index (κ2) is 13.9. The second-order valence-corrected chi connectivity index (χ2v) is 16.1. The number of piperidine rings is 2. The van der Waals surface area contributed by atoms with Gasteiger partial charge in [0.25, 0.3) is 0 Å². The molecule has 2 aromatic heterocycles. The Kier molecular flexibility index (Phi) is 9.74. The zero-order valence-corrected chi connectivity index (χ0v) is 30.6. The molecule has 2 aliphatic carbocycles. The SMILES string of the molecule is CN1CCC(C2(C)c3ccc(Cl)cc3CCc3cccnc32)CC1.CN1CCC(C2(C)c3ccc(Cl)cc3CCc3cccnc32)CC1. The van der Waals surface area contributed by atoms with E-state index in [2.05, 4.69) is 98.4 Å². The molecule has 2 fully saturated rings. The molecule has 2 aromatic carbocycles. The zero-order valence-electron chi connectivity index (χ0n) is 29.1. The Morgan fingerprint density at radius 3 is 1.33 bits per heavy atom. The molecule has 4 heterocycles. The lowest BCUT2D eigenvalue weighted by Crippen LogP contribution is -2.42. The van der Waals surface area contributed by atoms with Crippen molar-refractivity contribution in [2.24, 2.45) is 11.8 Å². The van der Waals surface area contributed by atoms with Crippen molar-refractivity contribution in [3.63, 3.8) is 0 Å². The number of hydrogen-bond donors (Lipinski definition) is 0. The Bertz CT molecular complexity index is 1630. The number of benzene rings is 2. The number of aryl methyl sites for hydroxylation is 4. The van der Waals surface area contributed by atoms with Gasteiger partial charge in [-0.2, -0.15) is 0 Å². The predicted octanol–water partition coefficient (Wildman–Crippen LogP) is 8.96. The standard InChI is InChI=1S/2C21H25ClN2/c2*1-21(17-9-12-24(2)13-10-17)19-8-7-18(22)14-16(19)6-5-15-4-3-11-23-20(15)21/h2*3-4,7-8,11,14,17H,5-6,9-10,12-13H2,1-2H3. The van der Waals surface area contributed by atoms with E-state index in [1.165, 1.54) is 96.6 Å². The molecule has 0 N–H and O–H groups in total. The highest BCUT2D eigenvalue weighted by Crippen LogP contribution is 2.49. The number of hydrogen-bond acceptors (Lipinski definition) is 4. The number of nitrogens with zero attached hydrogens (tertiary/aromatic N) is 4. The highest BCUT2D eigenvalue weighted by atomic mass is 35.5. The zero-order chi connectivity index (χ0) is 33.5. The van der Waals surface area contributed by atoms with E-state index < -0.39 is 0 Å². The first-order valence-electron chi connectivity index (χ1n) is 18.0. The minimum atomic E-state index is -0.0196. The molecule has 6 heteroatoms. The average Bonchev–Trinajstić information content (AvgIpc) is 3.30. The van der Waals surface area contributed by atoms with E-state index in [0.29, 0.717) is 11.8 Å². The lowest BCUT2D eigenvalue weighted by Gasteiger charge is -2.43. The number of likely N-dealkylation sites (tertiary alicyclic amines) is 2. The van der Waals surface area contributed by atoms with Gasteiger partial charge in [0.1, 0.15) is 0 Å². The number of fused-ring (bicyclic) bond motifs is 4. The van der Waals surface area contributed by atoms with Gasteiger partial charge in [-0.25, -0.2) is 0 Å². The summed E-state index contributed by atoms with van der Waals surface area (Å²) in [4.78, 5) is 14.7. The van der Waals surface area contributed by atoms with Crippen LogP contribution in [0.3, 0.4) is 0 Å². The van der Waals surface area contributed by atoms with Crippen LogP contribution >= 0.6 is 23.2 Å². The molecule has 4 aromatic rings. The van der Waals surface area contributed by atoms with E-state index in [9.17, 15) is 0 Å². The molecular weight excluding hydrogens is 631 g/mol. The first-order chi connectivity index (χ1) is 23.2. The van der Waals surface area contributed by atoms with Crippen molar-refractivity contribution in [1.29, 1.82) is 0 Å². The quantitative estimate of drug-likeness (QED) is 0.212. The summed E-state index contributed by atoms with van der Waals surface area (Å²) in [7, 11) is 4.46. The van der Waals surface area contributed by atoms with Crippen LogP contribution in [0.25, 0.3) is 0 Å². The van der Waals surface area contributed by atoms with Crippen LogP contribution < -0.4 is 0 Å². The summed E-state index contributed by atoms with van der Waals surface area (Å²) in [6.07, 6.45) is 13.1. The molecule has 0 saturated carbocycles. The monoisotopic (exact) mass is 680 g/mol. The second-order valence-electron chi connectivity index (χ2n) is 15.2. The van der Waals surface area contributed by atoms with Crippen LogP contribution in [-0.2, 0) is 36.5 Å². The van der Waals surface area contributed by atoms with E-state index in [1.54, 1.807) is 0 Å². The predicted molar refractivity (Wildman–Crippen MR) is 200 cm³/mol. The van der Waals surface area contributed by atoms with E-state index in [1.807, 2.05) is 12.4 Å². The van der Waals surface area contributed by atoms with Crippen molar-refractivity contribution >= 4 is 23.2 Å². The molecule has 252 valence electrons. The molecule has 2 aliphatic heterocycles. The fourth-order valence-electron chi connectivity index (χ4n) is 9.56. The van der Waals surface area contributed by atoms with Gasteiger partial charge in [0, 0.05) is 33.3 Å². The Morgan fingerprint density at radius 2 is 0.938 bits per heavy atom. The molecule has 0 bridgehead atoms. The van der Waals surface area contributed by atoms with Gasteiger partial charge in [-0.15, -0.1) is 0 Å². The smallest absolute Gasteiger partial charge is 0.0541 e. The van der Waals surface area contributed by atoms with Gasteiger partial charge >= 0.3 is 0 Å². The van der Waals surface area contributed by atoms with Crippen molar-refractivity contribution in [1.82, 2.24) is 19.8 Å². The number of aromatic nitrogens is 2. The number of rotatable bonds is 2. The molecule has 2 unspecified atom stereocenters. The Balaban J connectivity index is 0.000000152. The van der Waals surface area contributed by atoms with Crippen LogP contribution in [0, 0.1) is 11.8 Å². The maximum atomic E-state index is 6.32. The molecule has 8 rings (SSSR count). The van der Waals surface area contributed by atoms with Crippen molar-refractivity contribution < 1.29 is 0 Å². The van der Waals surface area contributed by atoms with Crippen molar-refractivity contribution in [3.05, 3.63) is 128 Å². The minimum absolute atomic E-state index is 0.0196. The summed E-state index contributed by atoms with van der Waals surface area (Å²) in [6, 6.07) is 21.7. The third-order valence-corrected chi connectivity index (χ3v) is 12.9. The van der Waals surface area contributed by atoms with Crippen molar-refractivity contribution in [2.45, 2.75) is 76.0 Å². The molecular formula is C42H50Cl2N4. The molecule has 0 amide bonds. The highest BCUT2D eigenvalue weighted by molar-refractivity contribution is 6.31. The van der Waals surface area contributed by atoms with Gasteiger partial charge in [0.05, 0.1) is 11.4 Å². The summed E-state index contributed by atoms with van der Waals surface area (Å²) < 4.78 is 0. The maximum absolute atomic E-state index is 6.32. The third kappa shape index (κ3) is 6.23. The molecule has 2 saturated heterocycles. The summed E-state index contributed by atoms with van der Waals surface area (Å²) in [5.41, 5.74) is 11.1. The fraction of sp³-hybridized carbons (Fsp3) is 0.476. The van der Waals surface area contributed by atoms with Crippen LogP contribution in [-0.4, -0.2) is 60.0 Å². The largest absolute Gasteiger partial charge is 0.306 e. The summed E-state index contributed by atoms with van der Waals surface area (Å²) in [6.45, 7) is 9.53. The van der Waals surface area contributed by atoms with Crippen LogP contribution in [0.5, 0.6) is 0 Å². The third-order valence-electron chi connectivity index (χ3n) is 12.4. The highest BCUT2D eigenvalue weighted by Gasteiger charge is 2.45. The molecule has 4 nitrogen and oxygen atoms in total.